The highest BCUT2D eigenvalue weighted by molar-refractivity contribution is 5.66. The Balaban J connectivity index is 2.88. The second-order valence-corrected chi connectivity index (χ2v) is 3.52. The molecule has 0 aromatic heterocycles. The fourth-order valence-corrected chi connectivity index (χ4v) is 1.21. The van der Waals surface area contributed by atoms with Gasteiger partial charge in [-0.1, -0.05) is 26.2 Å². The van der Waals surface area contributed by atoms with E-state index >= 15 is 0 Å². The Morgan fingerprint density at radius 1 is 1.07 bits per heavy atom. The molecule has 0 amide bonds. The molecule has 0 aromatic carbocycles. The topological polar surface area (TPSA) is 46.5 Å². The first-order valence-corrected chi connectivity index (χ1v) is 5.57. The molecule has 0 aliphatic rings. The number of unbranched alkanes of at least 4 members (excludes halogenated alkanes) is 4. The van der Waals surface area contributed by atoms with E-state index in [9.17, 15) is 4.79 Å². The number of ether oxygens (including phenoxy) is 1. The Labute approximate surface area is 86.5 Å². The number of rotatable bonds is 10. The summed E-state index contributed by atoms with van der Waals surface area (Å²) in [5.74, 6) is -0.700. The quantitative estimate of drug-likeness (QED) is 0.554. The summed E-state index contributed by atoms with van der Waals surface area (Å²) >= 11 is 0. The molecule has 14 heavy (non-hydrogen) atoms. The zero-order chi connectivity index (χ0) is 10.6. The number of carboxylic acid groups (broad SMARTS) is 1. The molecule has 0 fully saturated rings. The number of carboxylic acids is 1. The van der Waals surface area contributed by atoms with Crippen molar-refractivity contribution >= 4 is 5.97 Å². The van der Waals surface area contributed by atoms with Gasteiger partial charge in [-0.25, -0.2) is 0 Å². The lowest BCUT2D eigenvalue weighted by molar-refractivity contribution is -0.137. The van der Waals surface area contributed by atoms with Crippen LogP contribution in [0.1, 0.15) is 51.9 Å². The van der Waals surface area contributed by atoms with Crippen LogP contribution in [0.15, 0.2) is 0 Å². The molecule has 3 heteroatoms. The van der Waals surface area contributed by atoms with Crippen LogP contribution in [0.3, 0.4) is 0 Å². The molecular formula is C11H22O3. The van der Waals surface area contributed by atoms with Crippen LogP contribution in [0.5, 0.6) is 0 Å². The molecule has 0 heterocycles. The first kappa shape index (κ1) is 13.4. The minimum atomic E-state index is -0.700. The van der Waals surface area contributed by atoms with E-state index < -0.39 is 5.97 Å². The molecule has 0 aliphatic heterocycles. The van der Waals surface area contributed by atoms with Gasteiger partial charge in [0.15, 0.2) is 0 Å². The fourth-order valence-electron chi connectivity index (χ4n) is 1.21. The van der Waals surface area contributed by atoms with E-state index in [1.807, 2.05) is 0 Å². The lowest BCUT2D eigenvalue weighted by Gasteiger charge is -2.02. The van der Waals surface area contributed by atoms with Gasteiger partial charge in [0.05, 0.1) is 0 Å². The number of carbonyl (C=O) groups is 1. The van der Waals surface area contributed by atoms with Crippen molar-refractivity contribution in [1.82, 2.24) is 0 Å². The summed E-state index contributed by atoms with van der Waals surface area (Å²) in [6.07, 6.45) is 6.61. The van der Waals surface area contributed by atoms with Crippen LogP contribution in [0.25, 0.3) is 0 Å². The van der Waals surface area contributed by atoms with Gasteiger partial charge in [0.1, 0.15) is 0 Å². The molecule has 0 radical (unpaired) electrons. The lowest BCUT2D eigenvalue weighted by atomic mass is 10.2. The zero-order valence-corrected chi connectivity index (χ0v) is 9.13. The Morgan fingerprint density at radius 3 is 2.29 bits per heavy atom. The third-order valence-corrected chi connectivity index (χ3v) is 2.07. The normalized spacial score (nSPS) is 10.4. The van der Waals surface area contributed by atoms with Crippen molar-refractivity contribution in [2.75, 3.05) is 13.2 Å². The van der Waals surface area contributed by atoms with Gasteiger partial charge in [0, 0.05) is 19.6 Å². The van der Waals surface area contributed by atoms with E-state index in [0.717, 1.165) is 38.9 Å². The molecule has 0 rings (SSSR count). The van der Waals surface area contributed by atoms with E-state index in [1.54, 1.807) is 0 Å². The molecule has 0 unspecified atom stereocenters. The first-order valence-electron chi connectivity index (χ1n) is 5.57. The van der Waals surface area contributed by atoms with Crippen molar-refractivity contribution in [2.45, 2.75) is 51.9 Å². The maximum atomic E-state index is 10.2. The molecule has 0 saturated carbocycles. The minimum absolute atomic E-state index is 0.288. The average Bonchev–Trinajstić information content (AvgIpc) is 2.15. The van der Waals surface area contributed by atoms with Gasteiger partial charge in [-0.3, -0.25) is 4.79 Å². The first-order chi connectivity index (χ1) is 6.77. The maximum Gasteiger partial charge on any atom is 0.303 e. The number of aliphatic carboxylic acids is 1. The molecule has 1 N–H and O–H groups in total. The minimum Gasteiger partial charge on any atom is -0.481 e. The summed E-state index contributed by atoms with van der Waals surface area (Å²) in [4.78, 5) is 10.2. The van der Waals surface area contributed by atoms with Gasteiger partial charge in [-0.2, -0.15) is 0 Å². The van der Waals surface area contributed by atoms with Crippen molar-refractivity contribution in [3.63, 3.8) is 0 Å². The van der Waals surface area contributed by atoms with Crippen LogP contribution in [0.4, 0.5) is 0 Å². The molecule has 0 bridgehead atoms. The van der Waals surface area contributed by atoms with Crippen LogP contribution in [0, 0.1) is 0 Å². The van der Waals surface area contributed by atoms with E-state index in [-0.39, 0.29) is 6.42 Å². The smallest absolute Gasteiger partial charge is 0.303 e. The van der Waals surface area contributed by atoms with Gasteiger partial charge in [0.2, 0.25) is 0 Å². The predicted octanol–water partition coefficient (Wildman–Crippen LogP) is 2.84. The molecule has 0 aliphatic carbocycles. The fraction of sp³-hybridized carbons (Fsp3) is 0.909. The summed E-state index contributed by atoms with van der Waals surface area (Å²) in [6.45, 7) is 3.81. The van der Waals surface area contributed by atoms with E-state index in [2.05, 4.69) is 6.92 Å². The molecule has 3 nitrogen and oxygen atoms in total. The van der Waals surface area contributed by atoms with Crippen LogP contribution >= 0.6 is 0 Å². The van der Waals surface area contributed by atoms with Gasteiger partial charge >= 0.3 is 5.97 Å². The molecule has 0 spiro atoms. The van der Waals surface area contributed by atoms with E-state index in [4.69, 9.17) is 9.84 Å². The molecule has 0 aromatic rings. The second-order valence-electron chi connectivity index (χ2n) is 3.52. The number of hydrogen-bond acceptors (Lipinski definition) is 2. The summed E-state index contributed by atoms with van der Waals surface area (Å²) < 4.78 is 5.40. The molecule has 84 valence electrons. The largest absolute Gasteiger partial charge is 0.481 e. The monoisotopic (exact) mass is 202 g/mol. The van der Waals surface area contributed by atoms with Crippen LogP contribution < -0.4 is 0 Å². The standard InChI is InChI=1S/C11H22O3/c1-2-3-6-9-14-10-7-4-5-8-11(12)13/h2-10H2,1H3,(H,12,13). The van der Waals surface area contributed by atoms with Gasteiger partial charge in [0.25, 0.3) is 0 Å². The summed E-state index contributed by atoms with van der Waals surface area (Å²) in [5, 5.41) is 8.38. The summed E-state index contributed by atoms with van der Waals surface area (Å²) in [6, 6.07) is 0. The van der Waals surface area contributed by atoms with E-state index in [0.29, 0.717) is 0 Å². The highest BCUT2D eigenvalue weighted by Gasteiger charge is 1.96. The SMILES string of the molecule is CCCCCOCCCCCC(=O)O. The third kappa shape index (κ3) is 11.4. The second kappa shape index (κ2) is 10.5. The Hall–Kier alpha value is -0.570. The van der Waals surface area contributed by atoms with Crippen molar-refractivity contribution < 1.29 is 14.6 Å². The molecule has 0 saturated heterocycles. The maximum absolute atomic E-state index is 10.2. The van der Waals surface area contributed by atoms with Gasteiger partial charge in [-0.05, 0) is 19.3 Å². The lowest BCUT2D eigenvalue weighted by Crippen LogP contribution is -1.98. The van der Waals surface area contributed by atoms with E-state index in [1.165, 1.54) is 12.8 Å². The Bertz CT molecular complexity index is 134. The van der Waals surface area contributed by atoms with Crippen molar-refractivity contribution in [3.8, 4) is 0 Å². The Morgan fingerprint density at radius 2 is 1.71 bits per heavy atom. The third-order valence-electron chi connectivity index (χ3n) is 2.07. The van der Waals surface area contributed by atoms with Crippen molar-refractivity contribution in [2.24, 2.45) is 0 Å². The summed E-state index contributed by atoms with van der Waals surface area (Å²) in [5.41, 5.74) is 0. The molecular weight excluding hydrogens is 180 g/mol. The Kier molecular flexibility index (Phi) is 10.1. The summed E-state index contributed by atoms with van der Waals surface area (Å²) in [7, 11) is 0. The molecule has 0 atom stereocenters. The predicted molar refractivity (Wildman–Crippen MR) is 56.4 cm³/mol. The van der Waals surface area contributed by atoms with Crippen LogP contribution in [-0.2, 0) is 9.53 Å². The van der Waals surface area contributed by atoms with Gasteiger partial charge < -0.3 is 9.84 Å². The average molecular weight is 202 g/mol. The van der Waals surface area contributed by atoms with Gasteiger partial charge in [-0.15, -0.1) is 0 Å². The van der Waals surface area contributed by atoms with Crippen LogP contribution in [0.2, 0.25) is 0 Å². The number of hydrogen-bond donors (Lipinski definition) is 1. The highest BCUT2D eigenvalue weighted by atomic mass is 16.5. The zero-order valence-electron chi connectivity index (χ0n) is 9.13. The van der Waals surface area contributed by atoms with Crippen molar-refractivity contribution in [3.05, 3.63) is 0 Å². The highest BCUT2D eigenvalue weighted by Crippen LogP contribution is 2.01. The van der Waals surface area contributed by atoms with Crippen molar-refractivity contribution in [1.29, 1.82) is 0 Å². The van der Waals surface area contributed by atoms with Crippen LogP contribution in [-0.4, -0.2) is 24.3 Å².